The van der Waals surface area contributed by atoms with Crippen molar-refractivity contribution >= 4 is 0 Å². The highest BCUT2D eigenvalue weighted by Gasteiger charge is 2.03. The topological polar surface area (TPSA) is 55.9 Å². The maximum atomic E-state index is 5.12. The van der Waals surface area contributed by atoms with Gasteiger partial charge in [-0.05, 0) is 13.3 Å². The fraction of sp³-hybridized carbons (Fsp3) is 0.500. The van der Waals surface area contributed by atoms with Crippen molar-refractivity contribution in [2.75, 3.05) is 0 Å². The van der Waals surface area contributed by atoms with E-state index in [-0.39, 0.29) is 0 Å². The van der Waals surface area contributed by atoms with Gasteiger partial charge in [-0.15, -0.1) is 0 Å². The van der Waals surface area contributed by atoms with Crippen LogP contribution in [0.1, 0.15) is 30.6 Å². The summed E-state index contributed by atoms with van der Waals surface area (Å²) in [6.45, 7) is 6.51. The van der Waals surface area contributed by atoms with Crippen LogP contribution >= 0.6 is 0 Å². The Morgan fingerprint density at radius 1 is 1.41 bits per heavy atom. The molecule has 0 bridgehead atoms. The monoisotopic (exact) mass is 234 g/mol. The molecule has 0 amide bonds. The fourth-order valence-corrected chi connectivity index (χ4v) is 1.75. The number of hydrogen-bond donors (Lipinski definition) is 1. The molecule has 1 N–H and O–H groups in total. The summed E-state index contributed by atoms with van der Waals surface area (Å²) in [6, 6.07) is 1.94. The molecule has 0 aliphatic carbocycles. The van der Waals surface area contributed by atoms with Gasteiger partial charge < -0.3 is 14.4 Å². The van der Waals surface area contributed by atoms with Gasteiger partial charge >= 0.3 is 0 Å². The van der Waals surface area contributed by atoms with Crippen LogP contribution in [0, 0.1) is 6.92 Å². The molecule has 2 aromatic rings. The Morgan fingerprint density at radius 2 is 2.29 bits per heavy atom. The van der Waals surface area contributed by atoms with E-state index in [9.17, 15) is 0 Å². The van der Waals surface area contributed by atoms with Gasteiger partial charge in [0.05, 0.1) is 18.8 Å². The van der Waals surface area contributed by atoms with Gasteiger partial charge in [-0.25, -0.2) is 4.98 Å². The molecule has 2 rings (SSSR count). The molecule has 17 heavy (non-hydrogen) atoms. The minimum atomic E-state index is 0.680. The lowest BCUT2D eigenvalue weighted by molar-refractivity contribution is 0.368. The highest BCUT2D eigenvalue weighted by atomic mass is 16.5. The molecular formula is C12H18N4O. The molecule has 2 aromatic heterocycles. The molecule has 0 saturated carbocycles. The first-order valence-corrected chi connectivity index (χ1v) is 5.92. The van der Waals surface area contributed by atoms with Crippen molar-refractivity contribution in [2.45, 2.75) is 39.9 Å². The third kappa shape index (κ3) is 3.17. The summed E-state index contributed by atoms with van der Waals surface area (Å²) >= 11 is 0. The minimum Gasteiger partial charge on any atom is -0.360 e. The minimum absolute atomic E-state index is 0.680. The van der Waals surface area contributed by atoms with Crippen molar-refractivity contribution in [3.63, 3.8) is 0 Å². The van der Waals surface area contributed by atoms with E-state index in [1.807, 2.05) is 25.4 Å². The predicted octanol–water partition coefficient (Wildman–Crippen LogP) is 1.88. The Balaban J connectivity index is 1.83. The molecular weight excluding hydrogens is 216 g/mol. The Kier molecular flexibility index (Phi) is 3.93. The summed E-state index contributed by atoms with van der Waals surface area (Å²) in [5.41, 5.74) is 0.911. The van der Waals surface area contributed by atoms with E-state index in [0.717, 1.165) is 36.8 Å². The third-order valence-corrected chi connectivity index (χ3v) is 2.53. The summed E-state index contributed by atoms with van der Waals surface area (Å²) in [5, 5.41) is 7.14. The lowest BCUT2D eigenvalue weighted by atomic mass is 10.4. The normalized spacial score (nSPS) is 10.9. The Morgan fingerprint density at radius 3 is 3.00 bits per heavy atom. The lowest BCUT2D eigenvalue weighted by Gasteiger charge is -2.06. The Labute approximate surface area is 101 Å². The van der Waals surface area contributed by atoms with Crippen molar-refractivity contribution in [3.8, 4) is 0 Å². The number of aromatic nitrogens is 3. The molecule has 0 aliphatic rings. The maximum absolute atomic E-state index is 5.12. The van der Waals surface area contributed by atoms with Crippen LogP contribution in [0.3, 0.4) is 0 Å². The van der Waals surface area contributed by atoms with Crippen LogP contribution in [0.4, 0.5) is 0 Å². The summed E-state index contributed by atoms with van der Waals surface area (Å²) in [5.74, 6) is 1.92. The molecule has 2 heterocycles. The van der Waals surface area contributed by atoms with Crippen molar-refractivity contribution in [3.05, 3.63) is 35.7 Å². The van der Waals surface area contributed by atoms with E-state index in [2.05, 4.69) is 26.9 Å². The number of hydrogen-bond acceptors (Lipinski definition) is 4. The van der Waals surface area contributed by atoms with Gasteiger partial charge in [0, 0.05) is 25.0 Å². The number of nitrogens with zero attached hydrogens (tertiary/aromatic N) is 3. The van der Waals surface area contributed by atoms with E-state index in [1.54, 1.807) is 0 Å². The molecule has 0 radical (unpaired) electrons. The molecule has 5 heteroatoms. The van der Waals surface area contributed by atoms with Crippen molar-refractivity contribution in [1.82, 2.24) is 20.0 Å². The molecule has 0 spiro atoms. The molecule has 0 aliphatic heterocycles. The second kappa shape index (κ2) is 5.63. The first-order chi connectivity index (χ1) is 8.29. The first-order valence-electron chi connectivity index (χ1n) is 5.92. The number of nitrogens with one attached hydrogen (secondary N) is 1. The Bertz CT molecular complexity index is 461. The Hall–Kier alpha value is -1.62. The van der Waals surface area contributed by atoms with Crippen LogP contribution in [0.2, 0.25) is 0 Å². The molecule has 0 atom stereocenters. The second-order valence-corrected chi connectivity index (χ2v) is 4.08. The zero-order chi connectivity index (χ0) is 12.1. The highest BCUT2D eigenvalue weighted by Crippen LogP contribution is 2.03. The van der Waals surface area contributed by atoms with Gasteiger partial charge in [0.2, 0.25) is 0 Å². The molecule has 0 fully saturated rings. The first kappa shape index (κ1) is 11.9. The predicted molar refractivity (Wildman–Crippen MR) is 64.3 cm³/mol. The second-order valence-electron chi connectivity index (χ2n) is 4.08. The zero-order valence-corrected chi connectivity index (χ0v) is 10.3. The van der Waals surface area contributed by atoms with Crippen LogP contribution in [0.5, 0.6) is 0 Å². The molecule has 0 aromatic carbocycles. The largest absolute Gasteiger partial charge is 0.360 e. The van der Waals surface area contributed by atoms with Crippen LogP contribution in [0.15, 0.2) is 23.0 Å². The highest BCUT2D eigenvalue weighted by molar-refractivity contribution is 5.02. The van der Waals surface area contributed by atoms with E-state index >= 15 is 0 Å². The van der Waals surface area contributed by atoms with Crippen molar-refractivity contribution in [2.24, 2.45) is 0 Å². The summed E-state index contributed by atoms with van der Waals surface area (Å²) in [4.78, 5) is 4.33. The van der Waals surface area contributed by atoms with E-state index in [0.29, 0.717) is 6.54 Å². The quantitative estimate of drug-likeness (QED) is 0.829. The van der Waals surface area contributed by atoms with E-state index in [1.165, 1.54) is 0 Å². The average Bonchev–Trinajstić information content (AvgIpc) is 2.90. The molecule has 0 unspecified atom stereocenters. The zero-order valence-electron chi connectivity index (χ0n) is 10.3. The lowest BCUT2D eigenvalue weighted by Crippen LogP contribution is -2.16. The fourth-order valence-electron chi connectivity index (χ4n) is 1.75. The van der Waals surface area contributed by atoms with Crippen LogP contribution in [-0.2, 0) is 19.6 Å². The van der Waals surface area contributed by atoms with Crippen molar-refractivity contribution in [1.29, 1.82) is 0 Å². The molecule has 5 nitrogen and oxygen atoms in total. The average molecular weight is 234 g/mol. The summed E-state index contributed by atoms with van der Waals surface area (Å²) in [6.07, 6.45) is 4.97. The van der Waals surface area contributed by atoms with Crippen LogP contribution in [-0.4, -0.2) is 14.7 Å². The summed E-state index contributed by atoms with van der Waals surface area (Å²) in [7, 11) is 0. The molecule has 92 valence electrons. The maximum Gasteiger partial charge on any atom is 0.150 e. The standard InChI is InChI=1S/C12H18N4O/c1-3-5-16-6-4-14-12(16)9-13-8-11-7-10(2)15-17-11/h4,6-7,13H,3,5,8-9H2,1-2H3. The van der Waals surface area contributed by atoms with Gasteiger partial charge in [-0.3, -0.25) is 0 Å². The van der Waals surface area contributed by atoms with Crippen LogP contribution < -0.4 is 5.32 Å². The number of aryl methyl sites for hydroxylation is 2. The van der Waals surface area contributed by atoms with Gasteiger partial charge in [-0.2, -0.15) is 0 Å². The van der Waals surface area contributed by atoms with Gasteiger partial charge in [-0.1, -0.05) is 12.1 Å². The van der Waals surface area contributed by atoms with E-state index in [4.69, 9.17) is 4.52 Å². The van der Waals surface area contributed by atoms with Crippen LogP contribution in [0.25, 0.3) is 0 Å². The number of rotatable bonds is 6. The van der Waals surface area contributed by atoms with E-state index < -0.39 is 0 Å². The van der Waals surface area contributed by atoms with Gasteiger partial charge in [0.1, 0.15) is 5.82 Å². The number of imidazole rings is 1. The van der Waals surface area contributed by atoms with Crippen molar-refractivity contribution < 1.29 is 4.52 Å². The third-order valence-electron chi connectivity index (χ3n) is 2.53. The smallest absolute Gasteiger partial charge is 0.150 e. The molecule has 0 saturated heterocycles. The SMILES string of the molecule is CCCn1ccnc1CNCc1cc(C)no1. The summed E-state index contributed by atoms with van der Waals surface area (Å²) < 4.78 is 7.29. The van der Waals surface area contributed by atoms with Gasteiger partial charge in [0.15, 0.2) is 5.76 Å². The van der Waals surface area contributed by atoms with Gasteiger partial charge in [0.25, 0.3) is 0 Å².